The molecule has 0 spiro atoms. The molecule has 14 heavy (non-hydrogen) atoms. The van der Waals surface area contributed by atoms with E-state index in [1.54, 1.807) is 0 Å². The molecule has 0 atom stereocenters. The van der Waals surface area contributed by atoms with Crippen molar-refractivity contribution in [3.05, 3.63) is 6.92 Å². The number of rotatable bonds is 9. The number of carbonyl (C=O) groups excluding carboxylic acids is 1. The Morgan fingerprint density at radius 3 is 2.57 bits per heavy atom. The summed E-state index contributed by atoms with van der Waals surface area (Å²) < 4.78 is 5.06. The Hall–Kier alpha value is -0.530. The SMILES string of the molecule is [CH2]CCCCOC(=O)CCCCCC. The summed E-state index contributed by atoms with van der Waals surface area (Å²) in [6.45, 7) is 6.47. The first-order chi connectivity index (χ1) is 6.81. The van der Waals surface area contributed by atoms with Crippen molar-refractivity contribution >= 4 is 5.97 Å². The minimum atomic E-state index is -0.0369. The third-order valence-electron chi connectivity index (χ3n) is 2.14. The fourth-order valence-corrected chi connectivity index (χ4v) is 1.23. The van der Waals surface area contributed by atoms with Crippen LogP contribution in [0.4, 0.5) is 0 Å². The van der Waals surface area contributed by atoms with Gasteiger partial charge in [0.2, 0.25) is 0 Å². The van der Waals surface area contributed by atoms with Gasteiger partial charge in [0.1, 0.15) is 0 Å². The first-order valence-electron chi connectivity index (χ1n) is 5.76. The average Bonchev–Trinajstić information content (AvgIpc) is 2.19. The molecule has 0 bridgehead atoms. The molecule has 2 nitrogen and oxygen atoms in total. The van der Waals surface area contributed by atoms with Crippen LogP contribution >= 0.6 is 0 Å². The maximum absolute atomic E-state index is 11.1. The largest absolute Gasteiger partial charge is 0.466 e. The summed E-state index contributed by atoms with van der Waals surface area (Å²) in [5.74, 6) is -0.0369. The predicted molar refractivity (Wildman–Crippen MR) is 58.9 cm³/mol. The third-order valence-corrected chi connectivity index (χ3v) is 2.14. The number of hydrogen-bond acceptors (Lipinski definition) is 2. The molecular weight excluding hydrogens is 176 g/mol. The maximum atomic E-state index is 11.1. The van der Waals surface area contributed by atoms with Gasteiger partial charge in [0.25, 0.3) is 0 Å². The molecule has 0 heterocycles. The van der Waals surface area contributed by atoms with Crippen LogP contribution in [-0.4, -0.2) is 12.6 Å². The summed E-state index contributed by atoms with van der Waals surface area (Å²) in [7, 11) is 0. The zero-order valence-corrected chi connectivity index (χ0v) is 9.39. The summed E-state index contributed by atoms with van der Waals surface area (Å²) in [5, 5.41) is 0. The topological polar surface area (TPSA) is 26.3 Å². The molecule has 0 rings (SSSR count). The van der Waals surface area contributed by atoms with Gasteiger partial charge in [-0.2, -0.15) is 0 Å². The highest BCUT2D eigenvalue weighted by atomic mass is 16.5. The number of ether oxygens (including phenoxy) is 1. The van der Waals surface area contributed by atoms with E-state index in [0.29, 0.717) is 13.0 Å². The van der Waals surface area contributed by atoms with Crippen LogP contribution < -0.4 is 0 Å². The molecular formula is C12H23O2. The molecule has 0 unspecified atom stereocenters. The molecule has 0 aliphatic carbocycles. The summed E-state index contributed by atoms with van der Waals surface area (Å²) >= 11 is 0. The zero-order chi connectivity index (χ0) is 10.6. The lowest BCUT2D eigenvalue weighted by molar-refractivity contribution is -0.143. The normalized spacial score (nSPS) is 10.1. The molecule has 0 aromatic carbocycles. The van der Waals surface area contributed by atoms with Crippen LogP contribution in [0.5, 0.6) is 0 Å². The van der Waals surface area contributed by atoms with E-state index < -0.39 is 0 Å². The van der Waals surface area contributed by atoms with Crippen molar-refractivity contribution < 1.29 is 9.53 Å². The van der Waals surface area contributed by atoms with E-state index in [9.17, 15) is 4.79 Å². The molecule has 0 aliphatic rings. The van der Waals surface area contributed by atoms with Crippen molar-refractivity contribution in [1.29, 1.82) is 0 Å². The molecule has 2 heteroatoms. The average molecular weight is 199 g/mol. The van der Waals surface area contributed by atoms with Crippen LogP contribution in [0, 0.1) is 6.92 Å². The summed E-state index contributed by atoms with van der Waals surface area (Å²) in [5.41, 5.74) is 0. The van der Waals surface area contributed by atoms with E-state index in [0.717, 1.165) is 32.1 Å². The zero-order valence-electron chi connectivity index (χ0n) is 9.39. The fourth-order valence-electron chi connectivity index (χ4n) is 1.23. The van der Waals surface area contributed by atoms with Crippen LogP contribution in [0.15, 0.2) is 0 Å². The lowest BCUT2D eigenvalue weighted by atomic mass is 10.1. The Labute approximate surface area is 88.0 Å². The first-order valence-corrected chi connectivity index (χ1v) is 5.76. The third kappa shape index (κ3) is 9.56. The van der Waals surface area contributed by atoms with Crippen molar-refractivity contribution in [2.24, 2.45) is 0 Å². The van der Waals surface area contributed by atoms with Gasteiger partial charge in [-0.05, 0) is 12.8 Å². The molecule has 0 aromatic rings. The smallest absolute Gasteiger partial charge is 0.305 e. The van der Waals surface area contributed by atoms with Crippen molar-refractivity contribution in [3.8, 4) is 0 Å². The van der Waals surface area contributed by atoms with Crippen LogP contribution in [0.25, 0.3) is 0 Å². The second-order valence-electron chi connectivity index (χ2n) is 3.59. The van der Waals surface area contributed by atoms with Gasteiger partial charge < -0.3 is 4.74 Å². The van der Waals surface area contributed by atoms with E-state index in [-0.39, 0.29) is 5.97 Å². The Balaban J connectivity index is 3.11. The first kappa shape index (κ1) is 13.5. The van der Waals surface area contributed by atoms with Crippen LogP contribution in [0.2, 0.25) is 0 Å². The van der Waals surface area contributed by atoms with Crippen LogP contribution in [0.1, 0.15) is 58.3 Å². The van der Waals surface area contributed by atoms with Gasteiger partial charge in [-0.15, -0.1) is 0 Å². The van der Waals surface area contributed by atoms with Gasteiger partial charge in [-0.25, -0.2) is 0 Å². The van der Waals surface area contributed by atoms with Crippen LogP contribution in [-0.2, 0) is 9.53 Å². The summed E-state index contributed by atoms with van der Waals surface area (Å²) in [6.07, 6.45) is 8.05. The number of carbonyl (C=O) groups is 1. The minimum Gasteiger partial charge on any atom is -0.466 e. The summed E-state index contributed by atoms with van der Waals surface area (Å²) in [4.78, 5) is 11.1. The quantitative estimate of drug-likeness (QED) is 0.419. The molecule has 0 aliphatic heterocycles. The molecule has 0 fully saturated rings. The van der Waals surface area contributed by atoms with E-state index in [4.69, 9.17) is 4.74 Å². The predicted octanol–water partition coefficient (Wildman–Crippen LogP) is 3.50. The van der Waals surface area contributed by atoms with Crippen molar-refractivity contribution in [2.45, 2.75) is 58.3 Å². The second-order valence-corrected chi connectivity index (χ2v) is 3.59. The molecule has 0 aromatic heterocycles. The monoisotopic (exact) mass is 199 g/mol. The maximum Gasteiger partial charge on any atom is 0.305 e. The van der Waals surface area contributed by atoms with E-state index >= 15 is 0 Å². The van der Waals surface area contributed by atoms with Gasteiger partial charge in [0, 0.05) is 6.42 Å². The Kier molecular flexibility index (Phi) is 10.2. The molecule has 0 amide bonds. The molecule has 0 saturated carbocycles. The Morgan fingerprint density at radius 2 is 1.93 bits per heavy atom. The van der Waals surface area contributed by atoms with Gasteiger partial charge >= 0.3 is 5.97 Å². The number of esters is 1. The van der Waals surface area contributed by atoms with Gasteiger partial charge in [-0.1, -0.05) is 46.0 Å². The highest BCUT2D eigenvalue weighted by Crippen LogP contribution is 2.04. The highest BCUT2D eigenvalue weighted by molar-refractivity contribution is 5.69. The summed E-state index contributed by atoms with van der Waals surface area (Å²) in [6, 6.07) is 0. The molecule has 1 radical (unpaired) electrons. The Morgan fingerprint density at radius 1 is 1.14 bits per heavy atom. The van der Waals surface area contributed by atoms with Crippen molar-refractivity contribution in [2.75, 3.05) is 6.61 Å². The number of hydrogen-bond donors (Lipinski definition) is 0. The van der Waals surface area contributed by atoms with Gasteiger partial charge in [0.15, 0.2) is 0 Å². The number of unbranched alkanes of at least 4 members (excludes halogenated alkanes) is 5. The lowest BCUT2D eigenvalue weighted by Crippen LogP contribution is -2.05. The van der Waals surface area contributed by atoms with E-state index in [2.05, 4.69) is 13.8 Å². The molecule has 0 N–H and O–H groups in total. The fraction of sp³-hybridized carbons (Fsp3) is 0.833. The lowest BCUT2D eigenvalue weighted by Gasteiger charge is -2.03. The minimum absolute atomic E-state index is 0.0369. The molecule has 83 valence electrons. The van der Waals surface area contributed by atoms with Gasteiger partial charge in [-0.3, -0.25) is 4.79 Å². The standard InChI is InChI=1S/C12H23O2/c1-3-5-7-8-10-12(13)14-11-9-6-4-2/h2-11H2,1H3. The van der Waals surface area contributed by atoms with E-state index in [1.807, 2.05) is 0 Å². The van der Waals surface area contributed by atoms with Gasteiger partial charge in [0.05, 0.1) is 6.61 Å². The molecule has 0 saturated heterocycles. The van der Waals surface area contributed by atoms with Crippen molar-refractivity contribution in [3.63, 3.8) is 0 Å². The second kappa shape index (κ2) is 10.6. The van der Waals surface area contributed by atoms with Crippen LogP contribution in [0.3, 0.4) is 0 Å². The Bertz CT molecular complexity index is 118. The highest BCUT2D eigenvalue weighted by Gasteiger charge is 2.01. The van der Waals surface area contributed by atoms with E-state index in [1.165, 1.54) is 12.8 Å². The van der Waals surface area contributed by atoms with Crippen molar-refractivity contribution in [1.82, 2.24) is 0 Å².